The van der Waals surface area contributed by atoms with Gasteiger partial charge in [0.05, 0.1) is 25.0 Å². The zero-order chi connectivity index (χ0) is 14.3. The lowest BCUT2D eigenvalue weighted by molar-refractivity contribution is -0.137. The number of carbonyl (C=O) groups is 2. The maximum atomic E-state index is 11.4. The second-order valence-electron chi connectivity index (χ2n) is 3.42. The van der Waals surface area contributed by atoms with E-state index >= 15 is 0 Å². The first kappa shape index (κ1) is 15.2. The van der Waals surface area contributed by atoms with Crippen molar-refractivity contribution in [3.05, 3.63) is 40.5 Å². The third-order valence-corrected chi connectivity index (χ3v) is 2.82. The maximum Gasteiger partial charge on any atom is 0.337 e. The van der Waals surface area contributed by atoms with Gasteiger partial charge in [-0.1, -0.05) is 0 Å². The van der Waals surface area contributed by atoms with Crippen molar-refractivity contribution < 1.29 is 19.1 Å². The van der Waals surface area contributed by atoms with E-state index in [0.717, 1.165) is 4.47 Å². The number of ether oxygens (including phenoxy) is 2. The summed E-state index contributed by atoms with van der Waals surface area (Å²) in [6, 6.07) is 4.97. The summed E-state index contributed by atoms with van der Waals surface area (Å²) in [6.07, 6.45) is 2.71. The van der Waals surface area contributed by atoms with Gasteiger partial charge in [0.1, 0.15) is 0 Å². The third kappa shape index (κ3) is 4.75. The van der Waals surface area contributed by atoms with Crippen LogP contribution in [0.15, 0.2) is 34.9 Å². The normalized spacial score (nSPS) is 10.3. The van der Waals surface area contributed by atoms with E-state index in [-0.39, 0.29) is 0 Å². The molecule has 0 bridgehead atoms. The number of esters is 2. The lowest BCUT2D eigenvalue weighted by Gasteiger charge is -2.06. The molecule has 0 spiro atoms. The Labute approximate surface area is 119 Å². The van der Waals surface area contributed by atoms with Gasteiger partial charge >= 0.3 is 11.9 Å². The Kier molecular flexibility index (Phi) is 6.08. The molecular weight excluding hydrogens is 314 g/mol. The SMILES string of the molecule is CCOC(=O)/C=C/Nc1cc(C(=O)OC)ccc1Br. The highest BCUT2D eigenvalue weighted by molar-refractivity contribution is 9.10. The van der Waals surface area contributed by atoms with Gasteiger partial charge in [-0.25, -0.2) is 9.59 Å². The molecule has 6 heteroatoms. The summed E-state index contributed by atoms with van der Waals surface area (Å²) in [6.45, 7) is 2.06. The van der Waals surface area contributed by atoms with Gasteiger partial charge in [-0.3, -0.25) is 0 Å². The molecule has 0 aromatic heterocycles. The van der Waals surface area contributed by atoms with Gasteiger partial charge in [-0.2, -0.15) is 0 Å². The highest BCUT2D eigenvalue weighted by Crippen LogP contribution is 2.24. The van der Waals surface area contributed by atoms with Crippen LogP contribution in [-0.2, 0) is 14.3 Å². The van der Waals surface area contributed by atoms with Gasteiger partial charge in [-0.05, 0) is 41.1 Å². The number of halogens is 1. The van der Waals surface area contributed by atoms with E-state index in [2.05, 4.69) is 26.0 Å². The Morgan fingerprint density at radius 1 is 1.42 bits per heavy atom. The summed E-state index contributed by atoms with van der Waals surface area (Å²) in [4.78, 5) is 22.5. The van der Waals surface area contributed by atoms with Crippen LogP contribution >= 0.6 is 15.9 Å². The van der Waals surface area contributed by atoms with Crippen LogP contribution in [0.3, 0.4) is 0 Å². The van der Waals surface area contributed by atoms with Crippen molar-refractivity contribution in [2.24, 2.45) is 0 Å². The van der Waals surface area contributed by atoms with E-state index in [9.17, 15) is 9.59 Å². The molecule has 0 saturated carbocycles. The maximum absolute atomic E-state index is 11.4. The predicted octanol–water partition coefficient (Wildman–Crippen LogP) is 2.72. The first-order valence-electron chi connectivity index (χ1n) is 5.56. The fraction of sp³-hybridized carbons (Fsp3) is 0.231. The minimum absolute atomic E-state index is 0.324. The molecule has 1 N–H and O–H groups in total. The number of carbonyl (C=O) groups excluding carboxylic acids is 2. The van der Waals surface area contributed by atoms with Crippen LogP contribution in [-0.4, -0.2) is 25.7 Å². The zero-order valence-corrected chi connectivity index (χ0v) is 12.2. The van der Waals surface area contributed by atoms with Crippen molar-refractivity contribution in [2.45, 2.75) is 6.92 Å². The molecule has 0 radical (unpaired) electrons. The summed E-state index contributed by atoms with van der Waals surface area (Å²) in [5.41, 5.74) is 1.06. The smallest absolute Gasteiger partial charge is 0.337 e. The van der Waals surface area contributed by atoms with Gasteiger partial charge in [0.2, 0.25) is 0 Å². The minimum atomic E-state index is -0.435. The molecule has 1 aromatic rings. The number of rotatable bonds is 5. The van der Waals surface area contributed by atoms with Crippen molar-refractivity contribution in [2.75, 3.05) is 19.0 Å². The van der Waals surface area contributed by atoms with Gasteiger partial charge in [0.15, 0.2) is 0 Å². The number of anilines is 1. The summed E-state index contributed by atoms with van der Waals surface area (Å²) >= 11 is 3.33. The van der Waals surface area contributed by atoms with E-state index in [4.69, 9.17) is 4.74 Å². The predicted molar refractivity (Wildman–Crippen MR) is 74.9 cm³/mol. The number of benzene rings is 1. The van der Waals surface area contributed by atoms with Crippen molar-refractivity contribution in [1.82, 2.24) is 0 Å². The van der Waals surface area contributed by atoms with E-state index in [0.29, 0.717) is 17.9 Å². The quantitative estimate of drug-likeness (QED) is 0.665. The third-order valence-electron chi connectivity index (χ3n) is 2.13. The Balaban J connectivity index is 2.77. The topological polar surface area (TPSA) is 64.6 Å². The van der Waals surface area contributed by atoms with E-state index in [1.54, 1.807) is 25.1 Å². The average molecular weight is 328 g/mol. The summed E-state index contributed by atoms with van der Waals surface area (Å²) < 4.78 is 10.1. The van der Waals surface area contributed by atoms with Crippen LogP contribution in [0.2, 0.25) is 0 Å². The van der Waals surface area contributed by atoms with Gasteiger partial charge in [0, 0.05) is 16.7 Å². The second-order valence-corrected chi connectivity index (χ2v) is 4.27. The summed E-state index contributed by atoms with van der Waals surface area (Å²) in [7, 11) is 1.32. The van der Waals surface area contributed by atoms with Crippen LogP contribution in [0.4, 0.5) is 5.69 Å². The van der Waals surface area contributed by atoms with Crippen LogP contribution in [0.5, 0.6) is 0 Å². The fourth-order valence-electron chi connectivity index (χ4n) is 1.27. The van der Waals surface area contributed by atoms with E-state index in [1.807, 2.05) is 0 Å². The molecule has 1 rings (SSSR count). The standard InChI is InChI=1S/C13H14BrNO4/c1-3-19-12(16)6-7-15-11-8-9(13(17)18-2)4-5-10(11)14/h4-8,15H,3H2,1-2H3/b7-6+. The molecule has 0 aliphatic rings. The van der Waals surface area contributed by atoms with Crippen molar-refractivity contribution in [1.29, 1.82) is 0 Å². The number of nitrogens with one attached hydrogen (secondary N) is 1. The van der Waals surface area contributed by atoms with Crippen molar-refractivity contribution in [3.8, 4) is 0 Å². The highest BCUT2D eigenvalue weighted by atomic mass is 79.9. The lowest BCUT2D eigenvalue weighted by atomic mass is 10.2. The monoisotopic (exact) mass is 327 g/mol. The molecule has 1 aromatic carbocycles. The van der Waals surface area contributed by atoms with Gasteiger partial charge in [0.25, 0.3) is 0 Å². The molecular formula is C13H14BrNO4. The molecule has 5 nitrogen and oxygen atoms in total. The highest BCUT2D eigenvalue weighted by Gasteiger charge is 2.07. The molecule has 0 amide bonds. The molecule has 0 aliphatic heterocycles. The van der Waals surface area contributed by atoms with Crippen LogP contribution in [0.25, 0.3) is 0 Å². The average Bonchev–Trinajstić information content (AvgIpc) is 2.40. The first-order valence-corrected chi connectivity index (χ1v) is 6.35. The van der Waals surface area contributed by atoms with E-state index in [1.165, 1.54) is 19.4 Å². The Hall–Kier alpha value is -1.82. The fourth-order valence-corrected chi connectivity index (χ4v) is 1.63. The van der Waals surface area contributed by atoms with Crippen LogP contribution in [0.1, 0.15) is 17.3 Å². The molecule has 0 atom stereocenters. The Morgan fingerprint density at radius 3 is 2.79 bits per heavy atom. The Morgan fingerprint density at radius 2 is 2.16 bits per heavy atom. The number of methoxy groups -OCH3 is 1. The molecule has 19 heavy (non-hydrogen) atoms. The van der Waals surface area contributed by atoms with Gasteiger partial charge in [-0.15, -0.1) is 0 Å². The minimum Gasteiger partial charge on any atom is -0.465 e. The number of hydrogen-bond donors (Lipinski definition) is 1. The summed E-state index contributed by atoms with van der Waals surface area (Å²) in [5.74, 6) is -0.861. The van der Waals surface area contributed by atoms with Crippen molar-refractivity contribution >= 4 is 33.6 Å². The largest absolute Gasteiger partial charge is 0.465 e. The molecule has 0 fully saturated rings. The molecule has 0 heterocycles. The molecule has 0 saturated heterocycles. The zero-order valence-electron chi connectivity index (χ0n) is 10.6. The summed E-state index contributed by atoms with van der Waals surface area (Å²) in [5, 5.41) is 2.89. The lowest BCUT2D eigenvalue weighted by Crippen LogP contribution is -2.03. The van der Waals surface area contributed by atoms with Crippen molar-refractivity contribution in [3.63, 3.8) is 0 Å². The van der Waals surface area contributed by atoms with Gasteiger partial charge < -0.3 is 14.8 Å². The first-order chi connectivity index (χ1) is 9.08. The molecule has 0 aliphatic carbocycles. The van der Waals surface area contributed by atoms with Crippen LogP contribution < -0.4 is 5.32 Å². The number of hydrogen-bond acceptors (Lipinski definition) is 5. The molecule has 102 valence electrons. The van der Waals surface area contributed by atoms with E-state index < -0.39 is 11.9 Å². The molecule has 0 unspecified atom stereocenters. The Bertz CT molecular complexity index is 499. The van der Waals surface area contributed by atoms with Crippen LogP contribution in [0, 0.1) is 0 Å². The second kappa shape index (κ2) is 7.58.